The molecule has 4 nitrogen and oxygen atoms in total. The van der Waals surface area contributed by atoms with Gasteiger partial charge < -0.3 is 4.74 Å². The summed E-state index contributed by atoms with van der Waals surface area (Å²) in [5.41, 5.74) is 3.76. The van der Waals surface area contributed by atoms with Crippen molar-refractivity contribution in [1.29, 1.82) is 0 Å². The molecule has 0 fully saturated rings. The van der Waals surface area contributed by atoms with E-state index in [4.69, 9.17) is 4.74 Å². The maximum atomic E-state index is 12.4. The van der Waals surface area contributed by atoms with Crippen molar-refractivity contribution < 1.29 is 9.53 Å². The summed E-state index contributed by atoms with van der Waals surface area (Å²) in [5, 5.41) is 0. The van der Waals surface area contributed by atoms with E-state index >= 15 is 0 Å². The molecule has 0 aliphatic carbocycles. The van der Waals surface area contributed by atoms with Crippen molar-refractivity contribution in [3.8, 4) is 11.4 Å². The molecule has 0 N–H and O–H groups in total. The van der Waals surface area contributed by atoms with Gasteiger partial charge in [-0.1, -0.05) is 63.3 Å². The Morgan fingerprint density at radius 1 is 0.897 bits per heavy atom. The standard InChI is InChI=1S/C25H25NO3/c1-25(2,3)22-16-21(26-14-8-7-11-23(26)28)15-19(24(22)29-4)13-12-18-9-5-6-10-20(18)17-27/h5-17H,1-4H3/b13-12+. The second-order valence-electron chi connectivity index (χ2n) is 7.85. The zero-order valence-corrected chi connectivity index (χ0v) is 17.2. The van der Waals surface area contributed by atoms with Gasteiger partial charge in [0.05, 0.1) is 7.11 Å². The SMILES string of the molecule is COc1c(/C=C/c2ccccc2C=O)cc(-n2ccccc2=O)cc1C(C)(C)C. The maximum Gasteiger partial charge on any atom is 0.255 e. The minimum Gasteiger partial charge on any atom is -0.496 e. The van der Waals surface area contributed by atoms with Crippen LogP contribution >= 0.6 is 0 Å². The number of carbonyl (C=O) groups excluding carboxylic acids is 1. The maximum absolute atomic E-state index is 12.4. The molecule has 1 heterocycles. The first kappa shape index (κ1) is 20.3. The third-order valence-electron chi connectivity index (χ3n) is 4.78. The molecule has 0 amide bonds. The molecule has 0 atom stereocenters. The zero-order chi connectivity index (χ0) is 21.0. The Kier molecular flexibility index (Phi) is 5.83. The summed E-state index contributed by atoms with van der Waals surface area (Å²) in [7, 11) is 1.65. The number of benzene rings is 2. The van der Waals surface area contributed by atoms with Crippen molar-refractivity contribution in [1.82, 2.24) is 4.57 Å². The molecule has 0 spiro atoms. The van der Waals surface area contributed by atoms with Crippen molar-refractivity contribution in [3.63, 3.8) is 0 Å². The van der Waals surface area contributed by atoms with Crippen LogP contribution in [-0.4, -0.2) is 18.0 Å². The minimum absolute atomic E-state index is 0.0984. The van der Waals surface area contributed by atoms with Gasteiger partial charge in [-0.25, -0.2) is 0 Å². The van der Waals surface area contributed by atoms with E-state index < -0.39 is 0 Å². The molecule has 3 aromatic rings. The lowest BCUT2D eigenvalue weighted by atomic mass is 9.84. The second kappa shape index (κ2) is 8.31. The predicted octanol–water partition coefficient (Wildman–Crippen LogP) is 5.13. The highest BCUT2D eigenvalue weighted by Crippen LogP contribution is 2.37. The quantitative estimate of drug-likeness (QED) is 0.451. The Bertz CT molecular complexity index is 1120. The number of ether oxygens (including phenoxy) is 1. The van der Waals surface area contributed by atoms with Crippen LogP contribution in [0.15, 0.2) is 65.6 Å². The minimum atomic E-state index is -0.191. The molecule has 0 saturated heterocycles. The van der Waals surface area contributed by atoms with Crippen LogP contribution in [0, 0.1) is 0 Å². The van der Waals surface area contributed by atoms with Gasteiger partial charge in [0.25, 0.3) is 5.56 Å². The van der Waals surface area contributed by atoms with Gasteiger partial charge in [-0.3, -0.25) is 14.2 Å². The molecule has 0 aliphatic heterocycles. The first-order valence-corrected chi connectivity index (χ1v) is 9.48. The highest BCUT2D eigenvalue weighted by atomic mass is 16.5. The summed E-state index contributed by atoms with van der Waals surface area (Å²) < 4.78 is 7.38. The van der Waals surface area contributed by atoms with Crippen LogP contribution in [0.2, 0.25) is 0 Å². The van der Waals surface area contributed by atoms with E-state index in [1.807, 2.05) is 48.6 Å². The fourth-order valence-corrected chi connectivity index (χ4v) is 3.27. The van der Waals surface area contributed by atoms with Crippen molar-refractivity contribution in [2.24, 2.45) is 0 Å². The molecule has 3 rings (SSSR count). The number of rotatable bonds is 5. The number of aldehydes is 1. The lowest BCUT2D eigenvalue weighted by molar-refractivity contribution is 0.112. The van der Waals surface area contributed by atoms with E-state index in [9.17, 15) is 9.59 Å². The van der Waals surface area contributed by atoms with Gasteiger partial charge in [0.15, 0.2) is 6.29 Å². The summed E-state index contributed by atoms with van der Waals surface area (Å²) in [6.07, 6.45) is 6.42. The Morgan fingerprint density at radius 2 is 1.55 bits per heavy atom. The van der Waals surface area contributed by atoms with Crippen LogP contribution in [0.4, 0.5) is 0 Å². The third kappa shape index (κ3) is 4.37. The molecule has 4 heteroatoms. The molecule has 0 saturated carbocycles. The molecule has 0 bridgehead atoms. The van der Waals surface area contributed by atoms with Crippen molar-refractivity contribution in [2.45, 2.75) is 26.2 Å². The molecule has 0 unspecified atom stereocenters. The summed E-state index contributed by atoms with van der Waals surface area (Å²) in [5.74, 6) is 0.755. The van der Waals surface area contributed by atoms with Crippen LogP contribution in [0.1, 0.15) is 47.8 Å². The predicted molar refractivity (Wildman–Crippen MR) is 118 cm³/mol. The van der Waals surface area contributed by atoms with Gasteiger partial charge in [0.1, 0.15) is 5.75 Å². The van der Waals surface area contributed by atoms with Gasteiger partial charge in [-0.05, 0) is 29.2 Å². The summed E-state index contributed by atoms with van der Waals surface area (Å²) in [6.45, 7) is 6.33. The van der Waals surface area contributed by atoms with E-state index in [0.717, 1.165) is 34.4 Å². The number of methoxy groups -OCH3 is 1. The van der Waals surface area contributed by atoms with Gasteiger partial charge in [0.2, 0.25) is 0 Å². The molecule has 148 valence electrons. The first-order valence-electron chi connectivity index (χ1n) is 9.48. The van der Waals surface area contributed by atoms with Crippen LogP contribution in [0.5, 0.6) is 5.75 Å². The third-order valence-corrected chi connectivity index (χ3v) is 4.78. The topological polar surface area (TPSA) is 48.3 Å². The molecule has 1 aromatic heterocycles. The summed E-state index contributed by atoms with van der Waals surface area (Å²) >= 11 is 0. The monoisotopic (exact) mass is 387 g/mol. The van der Waals surface area contributed by atoms with E-state index in [1.165, 1.54) is 6.07 Å². The van der Waals surface area contributed by atoms with E-state index in [2.05, 4.69) is 20.8 Å². The molecular weight excluding hydrogens is 362 g/mol. The van der Waals surface area contributed by atoms with Crippen LogP contribution in [0.3, 0.4) is 0 Å². The Balaban J connectivity index is 2.23. The fraction of sp³-hybridized carbons (Fsp3) is 0.200. The molecule has 2 aromatic carbocycles. The molecule has 29 heavy (non-hydrogen) atoms. The van der Waals surface area contributed by atoms with E-state index in [0.29, 0.717) is 5.56 Å². The number of nitrogens with zero attached hydrogens (tertiary/aromatic N) is 1. The first-order chi connectivity index (χ1) is 13.8. The normalized spacial score (nSPS) is 11.6. The molecule has 0 aliphatic rings. The van der Waals surface area contributed by atoms with Crippen LogP contribution < -0.4 is 10.3 Å². The fourth-order valence-electron chi connectivity index (χ4n) is 3.27. The number of aromatic nitrogens is 1. The molecular formula is C25H25NO3. The van der Waals surface area contributed by atoms with Gasteiger partial charge >= 0.3 is 0 Å². The van der Waals surface area contributed by atoms with Crippen molar-refractivity contribution in [3.05, 3.63) is 93.4 Å². The smallest absolute Gasteiger partial charge is 0.255 e. The van der Waals surface area contributed by atoms with Crippen molar-refractivity contribution in [2.75, 3.05) is 7.11 Å². The second-order valence-corrected chi connectivity index (χ2v) is 7.85. The average molecular weight is 387 g/mol. The van der Waals surface area contributed by atoms with Crippen LogP contribution in [0.25, 0.3) is 17.8 Å². The Hall–Kier alpha value is -3.40. The number of hydrogen-bond acceptors (Lipinski definition) is 3. The molecule has 0 radical (unpaired) electrons. The Morgan fingerprint density at radius 3 is 2.17 bits per heavy atom. The lowest BCUT2D eigenvalue weighted by Gasteiger charge is -2.25. The van der Waals surface area contributed by atoms with Gasteiger partial charge in [-0.15, -0.1) is 0 Å². The largest absolute Gasteiger partial charge is 0.496 e. The number of hydrogen-bond donors (Lipinski definition) is 0. The van der Waals surface area contributed by atoms with Gasteiger partial charge in [0, 0.05) is 34.6 Å². The summed E-state index contributed by atoms with van der Waals surface area (Å²) in [4.78, 5) is 23.7. The summed E-state index contributed by atoms with van der Waals surface area (Å²) in [6, 6.07) is 16.4. The van der Waals surface area contributed by atoms with Crippen molar-refractivity contribution >= 4 is 18.4 Å². The number of pyridine rings is 1. The Labute approximate surface area is 171 Å². The average Bonchev–Trinajstić information content (AvgIpc) is 2.71. The van der Waals surface area contributed by atoms with Crippen LogP contribution in [-0.2, 0) is 5.41 Å². The zero-order valence-electron chi connectivity index (χ0n) is 17.2. The highest BCUT2D eigenvalue weighted by Gasteiger charge is 2.22. The van der Waals surface area contributed by atoms with Gasteiger partial charge in [-0.2, -0.15) is 0 Å². The lowest BCUT2D eigenvalue weighted by Crippen LogP contribution is -2.19. The highest BCUT2D eigenvalue weighted by molar-refractivity contribution is 5.85. The van der Waals surface area contributed by atoms with E-state index in [-0.39, 0.29) is 11.0 Å². The number of carbonyl (C=O) groups is 1. The van der Waals surface area contributed by atoms with E-state index in [1.54, 1.807) is 30.0 Å².